The Kier molecular flexibility index (Phi) is 9.54. The third-order valence-electron chi connectivity index (χ3n) is 2.26. The van der Waals surface area contributed by atoms with E-state index in [1.807, 2.05) is 19.9 Å². The van der Waals surface area contributed by atoms with Gasteiger partial charge in [-0.25, -0.2) is 14.6 Å². The number of carboxylic acids is 2. The summed E-state index contributed by atoms with van der Waals surface area (Å²) in [6, 6.07) is 1.84. The molecule has 0 aliphatic carbocycles. The molecular formula is C12H15F6N3O4. The van der Waals surface area contributed by atoms with Crippen LogP contribution in [0.4, 0.5) is 32.2 Å². The summed E-state index contributed by atoms with van der Waals surface area (Å²) < 4.78 is 63.5. The second-order valence-corrected chi connectivity index (χ2v) is 4.24. The van der Waals surface area contributed by atoms with E-state index in [0.717, 1.165) is 16.8 Å². The van der Waals surface area contributed by atoms with Crippen molar-refractivity contribution in [2.75, 3.05) is 5.73 Å². The number of nitrogens with two attached hydrogens (primary N) is 2. The Hall–Kier alpha value is -2.57. The molecule has 0 atom stereocenters. The van der Waals surface area contributed by atoms with Crippen LogP contribution in [0.3, 0.4) is 0 Å². The Morgan fingerprint density at radius 2 is 1.36 bits per heavy atom. The van der Waals surface area contributed by atoms with E-state index in [2.05, 4.69) is 4.98 Å². The lowest BCUT2D eigenvalue weighted by molar-refractivity contribution is -0.193. The molecule has 1 heterocycles. The number of aliphatic carboxylic acids is 2. The van der Waals surface area contributed by atoms with E-state index in [1.165, 1.54) is 0 Å². The van der Waals surface area contributed by atoms with Crippen LogP contribution in [-0.2, 0) is 16.1 Å². The van der Waals surface area contributed by atoms with Crippen LogP contribution in [0.1, 0.15) is 16.8 Å². The van der Waals surface area contributed by atoms with Crippen molar-refractivity contribution in [2.45, 2.75) is 32.7 Å². The van der Waals surface area contributed by atoms with Gasteiger partial charge in [-0.3, -0.25) is 0 Å². The van der Waals surface area contributed by atoms with Gasteiger partial charge in [-0.15, -0.1) is 0 Å². The molecule has 0 unspecified atom stereocenters. The largest absolute Gasteiger partial charge is 0.490 e. The smallest absolute Gasteiger partial charge is 0.475 e. The number of carboxylic acid groups (broad SMARTS) is 2. The molecule has 1 aromatic heterocycles. The maximum absolute atomic E-state index is 10.6. The van der Waals surface area contributed by atoms with Gasteiger partial charge in [0.25, 0.3) is 0 Å². The van der Waals surface area contributed by atoms with Crippen LogP contribution < -0.4 is 11.5 Å². The summed E-state index contributed by atoms with van der Waals surface area (Å²) >= 11 is 0. The molecule has 1 aromatic rings. The van der Waals surface area contributed by atoms with Gasteiger partial charge in [0.1, 0.15) is 5.82 Å². The molecule has 0 fully saturated rings. The molecule has 0 saturated carbocycles. The molecule has 0 radical (unpaired) electrons. The van der Waals surface area contributed by atoms with Crippen molar-refractivity contribution in [1.82, 2.24) is 4.98 Å². The minimum absolute atomic E-state index is 0.533. The molecule has 0 aromatic carbocycles. The minimum atomic E-state index is -5.08. The molecule has 1 rings (SSSR count). The summed E-state index contributed by atoms with van der Waals surface area (Å²) in [4.78, 5) is 21.9. The van der Waals surface area contributed by atoms with Crippen LogP contribution in [0.5, 0.6) is 0 Å². The highest BCUT2D eigenvalue weighted by molar-refractivity contribution is 5.73. The van der Waals surface area contributed by atoms with E-state index in [-0.39, 0.29) is 0 Å². The fourth-order valence-corrected chi connectivity index (χ4v) is 1.20. The summed E-state index contributed by atoms with van der Waals surface area (Å²) in [7, 11) is 0. The van der Waals surface area contributed by atoms with Crippen molar-refractivity contribution in [3.63, 3.8) is 0 Å². The lowest BCUT2D eigenvalue weighted by Crippen LogP contribution is -2.21. The van der Waals surface area contributed by atoms with Crippen molar-refractivity contribution in [1.29, 1.82) is 0 Å². The van der Waals surface area contributed by atoms with Crippen LogP contribution in [-0.4, -0.2) is 39.5 Å². The number of alkyl halides is 6. The average molecular weight is 379 g/mol. The van der Waals surface area contributed by atoms with E-state index >= 15 is 0 Å². The molecule has 7 nitrogen and oxygen atoms in total. The van der Waals surface area contributed by atoms with Gasteiger partial charge in [-0.1, -0.05) is 0 Å². The van der Waals surface area contributed by atoms with Gasteiger partial charge < -0.3 is 21.7 Å². The topological polar surface area (TPSA) is 140 Å². The van der Waals surface area contributed by atoms with Gasteiger partial charge in [0.05, 0.1) is 0 Å². The number of halogens is 6. The Labute approximate surface area is 137 Å². The lowest BCUT2D eigenvalue weighted by atomic mass is 10.1. The Balaban J connectivity index is 0. The van der Waals surface area contributed by atoms with Gasteiger partial charge in [0.15, 0.2) is 0 Å². The zero-order valence-corrected chi connectivity index (χ0v) is 12.9. The van der Waals surface area contributed by atoms with Crippen LogP contribution >= 0.6 is 0 Å². The molecule has 0 aliphatic rings. The predicted molar refractivity (Wildman–Crippen MR) is 73.4 cm³/mol. The highest BCUT2D eigenvalue weighted by Gasteiger charge is 2.38. The number of nitrogens with zero attached hydrogens (tertiary/aromatic N) is 1. The maximum Gasteiger partial charge on any atom is 0.490 e. The van der Waals surface area contributed by atoms with E-state index in [1.54, 1.807) is 0 Å². The molecule has 25 heavy (non-hydrogen) atoms. The molecular weight excluding hydrogens is 364 g/mol. The third-order valence-corrected chi connectivity index (χ3v) is 2.26. The predicted octanol–water partition coefficient (Wildman–Crippen LogP) is 2.01. The van der Waals surface area contributed by atoms with Crippen LogP contribution in [0, 0.1) is 13.8 Å². The number of aryl methyl sites for hydroxylation is 2. The quantitative estimate of drug-likeness (QED) is 0.547. The third kappa shape index (κ3) is 10.8. The molecule has 6 N–H and O–H groups in total. The summed E-state index contributed by atoms with van der Waals surface area (Å²) in [6.07, 6.45) is -10.2. The Bertz CT molecular complexity index is 554. The highest BCUT2D eigenvalue weighted by atomic mass is 19.4. The van der Waals surface area contributed by atoms with Gasteiger partial charge in [0, 0.05) is 12.2 Å². The van der Waals surface area contributed by atoms with Gasteiger partial charge in [0.2, 0.25) is 0 Å². The second kappa shape index (κ2) is 9.66. The highest BCUT2D eigenvalue weighted by Crippen LogP contribution is 2.14. The van der Waals surface area contributed by atoms with Crippen LogP contribution in [0.25, 0.3) is 0 Å². The Morgan fingerprint density at radius 3 is 1.56 bits per heavy atom. The monoisotopic (exact) mass is 379 g/mol. The number of carbonyl (C=O) groups is 2. The van der Waals surface area contributed by atoms with Crippen molar-refractivity contribution < 1.29 is 46.1 Å². The maximum atomic E-state index is 10.6. The number of nitrogen functional groups attached to an aromatic ring is 1. The van der Waals surface area contributed by atoms with Gasteiger partial charge in [-0.05, 0) is 31.0 Å². The molecule has 0 spiro atoms. The minimum Gasteiger partial charge on any atom is -0.475 e. The number of hydrogen-bond donors (Lipinski definition) is 4. The van der Waals surface area contributed by atoms with Crippen molar-refractivity contribution in [2.24, 2.45) is 5.73 Å². The molecule has 13 heteroatoms. The number of aromatic nitrogens is 1. The van der Waals surface area contributed by atoms with Crippen LogP contribution in [0.15, 0.2) is 6.07 Å². The number of rotatable bonds is 1. The molecule has 0 amide bonds. The number of pyridine rings is 1. The first kappa shape index (κ1) is 24.7. The first-order valence-electron chi connectivity index (χ1n) is 6.06. The van der Waals surface area contributed by atoms with Crippen LogP contribution in [0.2, 0.25) is 0 Å². The van der Waals surface area contributed by atoms with Gasteiger partial charge >= 0.3 is 24.3 Å². The normalized spacial score (nSPS) is 10.8. The fraction of sp³-hybridized carbons (Fsp3) is 0.417. The lowest BCUT2D eigenvalue weighted by Gasteiger charge is -2.06. The summed E-state index contributed by atoms with van der Waals surface area (Å²) in [6.45, 7) is 4.45. The fourth-order valence-electron chi connectivity index (χ4n) is 1.20. The first-order chi connectivity index (χ1) is 11.0. The van der Waals surface area contributed by atoms with E-state index in [9.17, 15) is 26.3 Å². The second-order valence-electron chi connectivity index (χ2n) is 4.24. The molecule has 0 bridgehead atoms. The van der Waals surface area contributed by atoms with E-state index in [0.29, 0.717) is 12.4 Å². The Morgan fingerprint density at radius 1 is 1.04 bits per heavy atom. The van der Waals surface area contributed by atoms with E-state index in [4.69, 9.17) is 31.3 Å². The zero-order valence-electron chi connectivity index (χ0n) is 12.9. The molecule has 144 valence electrons. The van der Waals surface area contributed by atoms with E-state index < -0.39 is 24.3 Å². The number of hydrogen-bond acceptors (Lipinski definition) is 5. The number of anilines is 1. The average Bonchev–Trinajstić information content (AvgIpc) is 2.37. The van der Waals surface area contributed by atoms with Crippen molar-refractivity contribution in [3.05, 3.63) is 22.9 Å². The van der Waals surface area contributed by atoms with Crippen molar-refractivity contribution in [3.8, 4) is 0 Å². The first-order valence-corrected chi connectivity index (χ1v) is 6.06. The molecule has 0 aliphatic heterocycles. The zero-order chi connectivity index (χ0) is 20.6. The standard InChI is InChI=1S/C8H13N3.2C2HF3O2/c1-5-3-8(10)11-6(2)7(5)4-9;2*3-2(4,5)1(6)7/h3H,4,9H2,1-2H3,(H2,10,11);2*(H,6,7). The SMILES string of the molecule is Cc1cc(N)nc(C)c1CN.O=C(O)C(F)(F)F.O=C(O)C(F)(F)F. The molecule has 0 saturated heterocycles. The van der Waals surface area contributed by atoms with Gasteiger partial charge in [-0.2, -0.15) is 26.3 Å². The summed E-state index contributed by atoms with van der Waals surface area (Å²) in [5.41, 5.74) is 14.2. The summed E-state index contributed by atoms with van der Waals surface area (Å²) in [5, 5.41) is 14.2. The summed E-state index contributed by atoms with van der Waals surface area (Å²) in [5.74, 6) is -4.95. The van der Waals surface area contributed by atoms with Crippen molar-refractivity contribution >= 4 is 17.8 Å².